The van der Waals surface area contributed by atoms with E-state index in [9.17, 15) is 5.11 Å². The SMILES string of the molecule is CC(O)c1cc2c(s1)-c1ccc(OCCN)cc1CC2. The molecule has 0 bridgehead atoms. The minimum Gasteiger partial charge on any atom is -0.492 e. The Labute approximate surface area is 123 Å². The van der Waals surface area contributed by atoms with Gasteiger partial charge >= 0.3 is 0 Å². The molecule has 1 aliphatic carbocycles. The molecule has 4 heteroatoms. The Balaban J connectivity index is 1.95. The molecule has 20 heavy (non-hydrogen) atoms. The molecule has 3 nitrogen and oxygen atoms in total. The first-order valence-corrected chi connectivity index (χ1v) is 7.77. The van der Waals surface area contributed by atoms with Gasteiger partial charge in [-0.3, -0.25) is 0 Å². The lowest BCUT2D eigenvalue weighted by molar-refractivity contribution is 0.203. The number of rotatable bonds is 4. The minimum atomic E-state index is -0.388. The number of fused-ring (bicyclic) bond motifs is 3. The van der Waals surface area contributed by atoms with Gasteiger partial charge in [-0.1, -0.05) is 0 Å². The molecule has 1 aromatic carbocycles. The molecular weight excluding hydrogens is 270 g/mol. The van der Waals surface area contributed by atoms with Crippen LogP contribution in [-0.4, -0.2) is 18.3 Å². The number of hydrogen-bond donors (Lipinski definition) is 2. The van der Waals surface area contributed by atoms with Crippen molar-refractivity contribution in [2.45, 2.75) is 25.9 Å². The van der Waals surface area contributed by atoms with Crippen molar-refractivity contribution in [3.63, 3.8) is 0 Å². The van der Waals surface area contributed by atoms with Gasteiger partial charge in [0.15, 0.2) is 0 Å². The molecule has 3 rings (SSSR count). The fourth-order valence-electron chi connectivity index (χ4n) is 2.60. The molecule has 3 N–H and O–H groups in total. The predicted molar refractivity (Wildman–Crippen MR) is 82.3 cm³/mol. The molecule has 1 atom stereocenters. The number of aliphatic hydroxyl groups excluding tert-OH is 1. The molecule has 2 aromatic rings. The van der Waals surface area contributed by atoms with Crippen molar-refractivity contribution in [3.8, 4) is 16.2 Å². The van der Waals surface area contributed by atoms with Crippen molar-refractivity contribution in [3.05, 3.63) is 40.3 Å². The zero-order chi connectivity index (χ0) is 14.1. The van der Waals surface area contributed by atoms with Crippen molar-refractivity contribution in [2.75, 3.05) is 13.2 Å². The van der Waals surface area contributed by atoms with Crippen LogP contribution >= 0.6 is 11.3 Å². The Morgan fingerprint density at radius 2 is 2.10 bits per heavy atom. The van der Waals surface area contributed by atoms with E-state index in [1.807, 2.05) is 13.0 Å². The van der Waals surface area contributed by atoms with E-state index in [1.54, 1.807) is 11.3 Å². The van der Waals surface area contributed by atoms with Crippen LogP contribution < -0.4 is 10.5 Å². The summed E-state index contributed by atoms with van der Waals surface area (Å²) in [5.41, 5.74) is 9.42. The average molecular weight is 289 g/mol. The molecule has 1 unspecified atom stereocenters. The highest BCUT2D eigenvalue weighted by Gasteiger charge is 2.20. The maximum Gasteiger partial charge on any atom is 0.119 e. The molecule has 1 heterocycles. The van der Waals surface area contributed by atoms with Gasteiger partial charge in [0.25, 0.3) is 0 Å². The van der Waals surface area contributed by atoms with E-state index in [4.69, 9.17) is 10.5 Å². The summed E-state index contributed by atoms with van der Waals surface area (Å²) in [6.45, 7) is 2.90. The van der Waals surface area contributed by atoms with Crippen LogP contribution in [0.2, 0.25) is 0 Å². The van der Waals surface area contributed by atoms with Crippen molar-refractivity contribution in [1.82, 2.24) is 0 Å². The fourth-order valence-corrected chi connectivity index (χ4v) is 3.81. The van der Waals surface area contributed by atoms with Gasteiger partial charge in [0, 0.05) is 16.3 Å². The molecule has 0 saturated heterocycles. The molecule has 0 radical (unpaired) electrons. The highest BCUT2D eigenvalue weighted by Crippen LogP contribution is 2.42. The monoisotopic (exact) mass is 289 g/mol. The Morgan fingerprint density at radius 1 is 1.30 bits per heavy atom. The van der Waals surface area contributed by atoms with Gasteiger partial charge in [0.05, 0.1) is 6.10 Å². The molecule has 106 valence electrons. The van der Waals surface area contributed by atoms with Gasteiger partial charge < -0.3 is 15.6 Å². The zero-order valence-electron chi connectivity index (χ0n) is 11.6. The summed E-state index contributed by atoms with van der Waals surface area (Å²) < 4.78 is 5.59. The highest BCUT2D eigenvalue weighted by molar-refractivity contribution is 7.15. The first-order valence-electron chi connectivity index (χ1n) is 6.96. The van der Waals surface area contributed by atoms with Crippen LogP contribution in [0.1, 0.15) is 29.0 Å². The molecule has 1 aliphatic rings. The summed E-state index contributed by atoms with van der Waals surface area (Å²) in [4.78, 5) is 2.35. The number of aryl methyl sites for hydroxylation is 2. The highest BCUT2D eigenvalue weighted by atomic mass is 32.1. The van der Waals surface area contributed by atoms with Crippen LogP contribution in [0.15, 0.2) is 24.3 Å². The minimum absolute atomic E-state index is 0.388. The molecule has 0 spiro atoms. The third kappa shape index (κ3) is 2.46. The Kier molecular flexibility index (Phi) is 3.78. The van der Waals surface area contributed by atoms with Crippen LogP contribution in [-0.2, 0) is 12.8 Å². The van der Waals surface area contributed by atoms with Gasteiger partial charge in [-0.2, -0.15) is 0 Å². The summed E-state index contributed by atoms with van der Waals surface area (Å²) in [6, 6.07) is 8.40. The molecule has 0 fully saturated rings. The summed E-state index contributed by atoms with van der Waals surface area (Å²) in [5.74, 6) is 0.893. The predicted octanol–water partition coefficient (Wildman–Crippen LogP) is 2.90. The second-order valence-corrected chi connectivity index (χ2v) is 6.22. The molecular formula is C16H19NO2S. The van der Waals surface area contributed by atoms with Crippen LogP contribution in [0.4, 0.5) is 0 Å². The van der Waals surface area contributed by atoms with Gasteiger partial charge in [-0.25, -0.2) is 0 Å². The fraction of sp³-hybridized carbons (Fsp3) is 0.375. The number of aliphatic hydroxyl groups is 1. The van der Waals surface area contributed by atoms with Gasteiger partial charge in [-0.05, 0) is 60.7 Å². The lowest BCUT2D eigenvalue weighted by Gasteiger charge is -2.17. The summed E-state index contributed by atoms with van der Waals surface area (Å²) in [7, 11) is 0. The van der Waals surface area contributed by atoms with E-state index < -0.39 is 0 Å². The summed E-state index contributed by atoms with van der Waals surface area (Å²) in [5, 5.41) is 9.74. The largest absolute Gasteiger partial charge is 0.492 e. The number of thiophene rings is 1. The molecule has 0 saturated carbocycles. The van der Waals surface area contributed by atoms with Gasteiger partial charge in [-0.15, -0.1) is 11.3 Å². The quantitative estimate of drug-likeness (QED) is 0.910. The number of ether oxygens (including phenoxy) is 1. The van der Waals surface area contributed by atoms with E-state index in [-0.39, 0.29) is 6.10 Å². The second kappa shape index (κ2) is 5.56. The van der Waals surface area contributed by atoms with Crippen molar-refractivity contribution in [1.29, 1.82) is 0 Å². The number of hydrogen-bond acceptors (Lipinski definition) is 4. The van der Waals surface area contributed by atoms with E-state index in [1.165, 1.54) is 21.6 Å². The van der Waals surface area contributed by atoms with Gasteiger partial charge in [0.1, 0.15) is 12.4 Å². The molecule has 0 aliphatic heterocycles. The topological polar surface area (TPSA) is 55.5 Å². The maximum absolute atomic E-state index is 9.74. The summed E-state index contributed by atoms with van der Waals surface area (Å²) >= 11 is 1.70. The Morgan fingerprint density at radius 3 is 2.85 bits per heavy atom. The van der Waals surface area contributed by atoms with Crippen LogP contribution in [0, 0.1) is 0 Å². The van der Waals surface area contributed by atoms with Crippen molar-refractivity contribution < 1.29 is 9.84 Å². The normalized spacial score (nSPS) is 14.6. The van der Waals surface area contributed by atoms with Crippen LogP contribution in [0.25, 0.3) is 10.4 Å². The van der Waals surface area contributed by atoms with E-state index in [0.717, 1.165) is 23.5 Å². The standard InChI is InChI=1S/C16H19NO2S/c1-10(18)15-9-12-3-2-11-8-13(19-7-6-17)4-5-14(11)16(12)20-15/h4-5,8-10,18H,2-3,6-7,17H2,1H3. The Bertz CT molecular complexity index is 619. The molecule has 1 aromatic heterocycles. The van der Waals surface area contributed by atoms with Gasteiger partial charge in [0.2, 0.25) is 0 Å². The van der Waals surface area contributed by atoms with Crippen molar-refractivity contribution >= 4 is 11.3 Å². The average Bonchev–Trinajstić information content (AvgIpc) is 2.89. The second-order valence-electron chi connectivity index (χ2n) is 5.14. The van der Waals surface area contributed by atoms with E-state index >= 15 is 0 Å². The van der Waals surface area contributed by atoms with E-state index in [2.05, 4.69) is 18.2 Å². The van der Waals surface area contributed by atoms with Crippen LogP contribution in [0.3, 0.4) is 0 Å². The zero-order valence-corrected chi connectivity index (χ0v) is 12.4. The third-order valence-corrected chi connectivity index (χ3v) is 4.99. The van der Waals surface area contributed by atoms with Crippen molar-refractivity contribution in [2.24, 2.45) is 5.73 Å². The first-order chi connectivity index (χ1) is 9.69. The Hall–Kier alpha value is -1.36. The third-order valence-electron chi connectivity index (χ3n) is 3.61. The first kappa shape index (κ1) is 13.6. The van der Waals surface area contributed by atoms with Crippen LogP contribution in [0.5, 0.6) is 5.75 Å². The number of nitrogens with two attached hydrogens (primary N) is 1. The smallest absolute Gasteiger partial charge is 0.119 e. The summed E-state index contributed by atoms with van der Waals surface area (Å²) in [6.07, 6.45) is 1.67. The molecule has 0 amide bonds. The maximum atomic E-state index is 9.74. The lowest BCUT2D eigenvalue weighted by atomic mass is 9.91. The van der Waals surface area contributed by atoms with E-state index in [0.29, 0.717) is 13.2 Å². The lowest BCUT2D eigenvalue weighted by Crippen LogP contribution is -2.11. The number of benzene rings is 1.